The number of nitrogens with zero attached hydrogens (tertiary/aromatic N) is 3. The van der Waals surface area contributed by atoms with Gasteiger partial charge in [0.2, 0.25) is 5.91 Å². The van der Waals surface area contributed by atoms with Crippen LogP contribution in [-0.2, 0) is 4.79 Å². The molecule has 3 aliphatic heterocycles. The molecule has 2 aromatic rings. The fourth-order valence-electron chi connectivity index (χ4n) is 5.26. The summed E-state index contributed by atoms with van der Waals surface area (Å²) in [6.45, 7) is 3.14. The SMILES string of the molecule is Cl.O=C1CNC(=O)N1CCCCN1CC[C@@H]2c3cc(F)ccc3N(c3ccc(F)cc3)[C@H]2C1. The number of piperidine rings is 1. The Morgan fingerprint density at radius 1 is 0.970 bits per heavy atom. The van der Waals surface area contributed by atoms with E-state index in [1.807, 2.05) is 6.07 Å². The molecule has 2 fully saturated rings. The Kier molecular flexibility index (Phi) is 6.86. The number of urea groups is 1. The van der Waals surface area contributed by atoms with Gasteiger partial charge in [-0.2, -0.15) is 0 Å². The highest BCUT2D eigenvalue weighted by Gasteiger charge is 2.42. The molecule has 5 rings (SSSR count). The van der Waals surface area contributed by atoms with E-state index in [-0.39, 0.29) is 54.5 Å². The van der Waals surface area contributed by atoms with Crippen LogP contribution in [0, 0.1) is 11.6 Å². The first kappa shape index (κ1) is 23.4. The van der Waals surface area contributed by atoms with E-state index in [1.54, 1.807) is 18.2 Å². The molecule has 0 unspecified atom stereocenters. The lowest BCUT2D eigenvalue weighted by Gasteiger charge is -2.39. The Morgan fingerprint density at radius 2 is 1.70 bits per heavy atom. The van der Waals surface area contributed by atoms with Crippen molar-refractivity contribution in [1.29, 1.82) is 0 Å². The maximum atomic E-state index is 14.0. The van der Waals surface area contributed by atoms with Crippen molar-refractivity contribution in [2.75, 3.05) is 37.6 Å². The highest BCUT2D eigenvalue weighted by atomic mass is 35.5. The molecule has 0 spiro atoms. The normalized spacial score (nSPS) is 22.1. The van der Waals surface area contributed by atoms with Gasteiger partial charge >= 0.3 is 6.03 Å². The van der Waals surface area contributed by atoms with Crippen LogP contribution in [0.3, 0.4) is 0 Å². The largest absolute Gasteiger partial charge is 0.336 e. The molecule has 3 aliphatic rings. The number of halogens is 3. The van der Waals surface area contributed by atoms with Crippen molar-refractivity contribution in [3.05, 3.63) is 59.7 Å². The number of imide groups is 1. The van der Waals surface area contributed by atoms with Crippen LogP contribution in [0.25, 0.3) is 0 Å². The lowest BCUT2D eigenvalue weighted by Crippen LogP contribution is -2.47. The van der Waals surface area contributed by atoms with E-state index in [2.05, 4.69) is 15.1 Å². The summed E-state index contributed by atoms with van der Waals surface area (Å²) in [6.07, 6.45) is 2.56. The molecular formula is C24H27ClF2N4O2. The second kappa shape index (κ2) is 9.65. The number of likely N-dealkylation sites (tertiary alicyclic amines) is 1. The molecule has 0 radical (unpaired) electrons. The molecule has 3 amide bonds. The van der Waals surface area contributed by atoms with Crippen molar-refractivity contribution in [2.24, 2.45) is 0 Å². The number of rotatable bonds is 6. The lowest BCUT2D eigenvalue weighted by molar-refractivity contribution is -0.125. The first-order valence-electron chi connectivity index (χ1n) is 11.2. The minimum atomic E-state index is -0.304. The van der Waals surface area contributed by atoms with Crippen molar-refractivity contribution in [3.63, 3.8) is 0 Å². The van der Waals surface area contributed by atoms with Gasteiger partial charge in [0.15, 0.2) is 0 Å². The van der Waals surface area contributed by atoms with Gasteiger partial charge in [0, 0.05) is 30.4 Å². The molecule has 6 nitrogen and oxygen atoms in total. The predicted octanol–water partition coefficient (Wildman–Crippen LogP) is 4.03. The molecule has 0 bridgehead atoms. The van der Waals surface area contributed by atoms with Gasteiger partial charge in [-0.05, 0) is 80.4 Å². The topological polar surface area (TPSA) is 55.9 Å². The van der Waals surface area contributed by atoms with Gasteiger partial charge < -0.3 is 15.1 Å². The summed E-state index contributed by atoms with van der Waals surface area (Å²) in [4.78, 5) is 29.3. The number of fused-ring (bicyclic) bond motifs is 3. The average Bonchev–Trinajstić information content (AvgIpc) is 3.28. The molecule has 0 aromatic heterocycles. The number of carbonyl (C=O) groups is 2. The zero-order chi connectivity index (χ0) is 22.2. The molecule has 2 atom stereocenters. The fraction of sp³-hybridized carbons (Fsp3) is 0.417. The summed E-state index contributed by atoms with van der Waals surface area (Å²) < 4.78 is 27.6. The third-order valence-electron chi connectivity index (χ3n) is 6.79. The smallest absolute Gasteiger partial charge is 0.324 e. The zero-order valence-electron chi connectivity index (χ0n) is 18.2. The second-order valence-corrected chi connectivity index (χ2v) is 8.72. The van der Waals surface area contributed by atoms with Crippen molar-refractivity contribution >= 4 is 35.7 Å². The van der Waals surface area contributed by atoms with Crippen LogP contribution in [0.1, 0.15) is 30.7 Å². The third-order valence-corrected chi connectivity index (χ3v) is 6.79. The van der Waals surface area contributed by atoms with Crippen LogP contribution in [0.5, 0.6) is 0 Å². The second-order valence-electron chi connectivity index (χ2n) is 8.72. The number of nitrogens with one attached hydrogen (secondary N) is 1. The van der Waals surface area contributed by atoms with Crippen molar-refractivity contribution < 1.29 is 18.4 Å². The average molecular weight is 477 g/mol. The van der Waals surface area contributed by atoms with E-state index in [0.29, 0.717) is 6.54 Å². The molecule has 2 aromatic carbocycles. The molecule has 0 saturated carbocycles. The number of hydrogen-bond acceptors (Lipinski definition) is 4. The quantitative estimate of drug-likeness (QED) is 0.505. The summed E-state index contributed by atoms with van der Waals surface area (Å²) in [6, 6.07) is 11.3. The maximum absolute atomic E-state index is 14.0. The van der Waals surface area contributed by atoms with Crippen LogP contribution in [0.15, 0.2) is 42.5 Å². The third kappa shape index (κ3) is 4.54. The molecule has 33 heavy (non-hydrogen) atoms. The van der Waals surface area contributed by atoms with E-state index in [9.17, 15) is 18.4 Å². The number of unbranched alkanes of at least 4 members (excludes halogenated alkanes) is 1. The number of hydrogen-bond donors (Lipinski definition) is 1. The predicted molar refractivity (Wildman–Crippen MR) is 124 cm³/mol. The molecule has 9 heteroatoms. The van der Waals surface area contributed by atoms with Crippen molar-refractivity contribution in [1.82, 2.24) is 15.1 Å². The Balaban J connectivity index is 0.00000259. The Bertz CT molecular complexity index is 1020. The summed E-state index contributed by atoms with van der Waals surface area (Å²) in [5.41, 5.74) is 2.93. The van der Waals surface area contributed by atoms with E-state index in [1.165, 1.54) is 23.1 Å². The molecule has 0 aliphatic carbocycles. The molecule has 3 heterocycles. The standard InChI is InChI=1S/C24H26F2N4O2.ClH/c25-16-3-6-18(7-4-16)30-21-8-5-17(26)13-20(21)19-9-12-28(15-22(19)30)10-1-2-11-29-23(31)14-27-24(29)32;/h3-8,13,19,22H,1-2,9-12,14-15H2,(H,27,32);1H/t19-,22+;/m1./s1. The van der Waals surface area contributed by atoms with E-state index in [4.69, 9.17) is 0 Å². The Morgan fingerprint density at radius 3 is 2.42 bits per heavy atom. The maximum Gasteiger partial charge on any atom is 0.324 e. The van der Waals surface area contributed by atoms with Gasteiger partial charge in [-0.1, -0.05) is 0 Å². The molecule has 2 saturated heterocycles. The van der Waals surface area contributed by atoms with Gasteiger partial charge in [0.05, 0.1) is 12.6 Å². The Hall–Kier alpha value is -2.71. The number of amides is 3. The number of carbonyl (C=O) groups excluding carboxylic acids is 2. The lowest BCUT2D eigenvalue weighted by atomic mass is 9.88. The molecule has 176 valence electrons. The van der Waals surface area contributed by atoms with E-state index in [0.717, 1.165) is 55.8 Å². The minimum Gasteiger partial charge on any atom is -0.336 e. The zero-order valence-corrected chi connectivity index (χ0v) is 19.0. The van der Waals surface area contributed by atoms with Gasteiger partial charge in [-0.25, -0.2) is 13.6 Å². The van der Waals surface area contributed by atoms with Crippen LogP contribution in [0.4, 0.5) is 25.0 Å². The molecular weight excluding hydrogens is 450 g/mol. The highest BCUT2D eigenvalue weighted by Crippen LogP contribution is 2.48. The summed E-state index contributed by atoms with van der Waals surface area (Å²) in [7, 11) is 0. The van der Waals surface area contributed by atoms with Gasteiger partial charge in [-0.15, -0.1) is 12.4 Å². The van der Waals surface area contributed by atoms with Crippen LogP contribution >= 0.6 is 12.4 Å². The fourth-order valence-corrected chi connectivity index (χ4v) is 5.26. The first-order valence-corrected chi connectivity index (χ1v) is 11.2. The van der Waals surface area contributed by atoms with Gasteiger partial charge in [0.25, 0.3) is 0 Å². The number of benzene rings is 2. The monoisotopic (exact) mass is 476 g/mol. The van der Waals surface area contributed by atoms with Crippen LogP contribution in [0.2, 0.25) is 0 Å². The van der Waals surface area contributed by atoms with Gasteiger partial charge in [0.1, 0.15) is 11.6 Å². The Labute approximate surface area is 197 Å². The summed E-state index contributed by atoms with van der Waals surface area (Å²) in [5, 5.41) is 2.54. The van der Waals surface area contributed by atoms with E-state index < -0.39 is 0 Å². The first-order chi connectivity index (χ1) is 15.5. The van der Waals surface area contributed by atoms with Crippen molar-refractivity contribution in [2.45, 2.75) is 31.2 Å². The van der Waals surface area contributed by atoms with Crippen molar-refractivity contribution in [3.8, 4) is 0 Å². The van der Waals surface area contributed by atoms with E-state index >= 15 is 0 Å². The summed E-state index contributed by atoms with van der Waals surface area (Å²) >= 11 is 0. The number of anilines is 2. The van der Waals surface area contributed by atoms with Crippen LogP contribution < -0.4 is 10.2 Å². The van der Waals surface area contributed by atoms with Crippen LogP contribution in [-0.4, -0.2) is 60.5 Å². The summed E-state index contributed by atoms with van der Waals surface area (Å²) in [5.74, 6) is -0.444. The van der Waals surface area contributed by atoms with Gasteiger partial charge in [-0.3, -0.25) is 9.69 Å². The highest BCUT2D eigenvalue weighted by molar-refractivity contribution is 6.01. The molecule has 1 N–H and O–H groups in total. The minimum absolute atomic E-state index is 0.